The second-order valence-corrected chi connectivity index (χ2v) is 8.53. The number of fused-ring (bicyclic) bond motifs is 1. The molecular formula is C25H16ClF9N4O5. The molecule has 3 N–H and O–H groups in total. The molecule has 0 aliphatic carbocycles. The number of pyridine rings is 2. The molecule has 3 heterocycles. The second kappa shape index (κ2) is 14.1. The lowest BCUT2D eigenvalue weighted by Crippen LogP contribution is -2.38. The predicted octanol–water partition coefficient (Wildman–Crippen LogP) is 6.35. The topological polar surface area (TPSA) is 134 Å². The van der Waals surface area contributed by atoms with Crippen molar-refractivity contribution in [1.82, 2.24) is 19.7 Å². The molecule has 0 saturated heterocycles. The number of nitrogens with zero attached hydrogens (tertiary/aromatic N) is 3. The first-order valence-corrected chi connectivity index (χ1v) is 11.7. The molecule has 4 rings (SSSR count). The number of aliphatic carboxylic acids is 2. The first-order valence-electron chi connectivity index (χ1n) is 11.3. The van der Waals surface area contributed by atoms with Gasteiger partial charge in [0.2, 0.25) is 5.82 Å². The van der Waals surface area contributed by atoms with Crippen LogP contribution in [0.4, 0.5) is 39.5 Å². The van der Waals surface area contributed by atoms with Crippen LogP contribution >= 0.6 is 11.6 Å². The Morgan fingerprint density at radius 2 is 1.43 bits per heavy atom. The van der Waals surface area contributed by atoms with Crippen LogP contribution in [0.5, 0.6) is 0 Å². The van der Waals surface area contributed by atoms with Gasteiger partial charge in [-0.1, -0.05) is 35.9 Å². The molecule has 19 heteroatoms. The van der Waals surface area contributed by atoms with Crippen LogP contribution in [0.2, 0.25) is 5.02 Å². The first-order chi connectivity index (χ1) is 20.2. The number of amides is 1. The molecule has 1 atom stereocenters. The summed E-state index contributed by atoms with van der Waals surface area (Å²) in [4.78, 5) is 38.7. The third kappa shape index (κ3) is 9.85. The largest absolute Gasteiger partial charge is 0.490 e. The molecule has 0 fully saturated rings. The lowest BCUT2D eigenvalue weighted by atomic mass is 10.1. The zero-order chi connectivity index (χ0) is 33.5. The van der Waals surface area contributed by atoms with E-state index in [-0.39, 0.29) is 11.4 Å². The molecule has 0 aliphatic rings. The molecule has 0 spiro atoms. The summed E-state index contributed by atoms with van der Waals surface area (Å²) < 4.78 is 106. The van der Waals surface area contributed by atoms with Crippen LogP contribution in [0.15, 0.2) is 73.2 Å². The van der Waals surface area contributed by atoms with Crippen LogP contribution in [0.1, 0.15) is 22.2 Å². The average molecular weight is 659 g/mol. The standard InChI is InChI=1S/C21H14ClF3N4O.2C2HF3O2/c22-15-7-3-5-13(11-15)17-16-8-1-2-10-29(16)19(27-17)20(30)28-18(21(23,24)25)14-6-4-9-26-12-14;2*3-2(4,5)1(6)7/h1-12,18H,(H,28,30);2*(H,6,7). The number of carbonyl (C=O) groups is 3. The summed E-state index contributed by atoms with van der Waals surface area (Å²) in [6.45, 7) is 0. The molecule has 1 aromatic carbocycles. The van der Waals surface area contributed by atoms with Gasteiger partial charge in [0.15, 0.2) is 6.04 Å². The summed E-state index contributed by atoms with van der Waals surface area (Å²) in [6, 6.07) is 12.4. The minimum Gasteiger partial charge on any atom is -0.475 e. The van der Waals surface area contributed by atoms with Gasteiger partial charge in [-0.05, 0) is 30.3 Å². The summed E-state index contributed by atoms with van der Waals surface area (Å²) in [5, 5.41) is 16.8. The van der Waals surface area contributed by atoms with E-state index < -0.39 is 42.4 Å². The fourth-order valence-corrected chi connectivity index (χ4v) is 3.33. The number of imidazole rings is 1. The Hall–Kier alpha value is -4.87. The molecule has 9 nitrogen and oxygen atoms in total. The molecule has 236 valence electrons. The van der Waals surface area contributed by atoms with E-state index in [0.717, 1.165) is 6.20 Å². The number of nitrogens with one attached hydrogen (secondary N) is 1. The number of alkyl halides is 9. The maximum Gasteiger partial charge on any atom is 0.490 e. The zero-order valence-corrected chi connectivity index (χ0v) is 22.0. The smallest absolute Gasteiger partial charge is 0.475 e. The normalized spacial score (nSPS) is 12.2. The Labute approximate surface area is 244 Å². The van der Waals surface area contributed by atoms with Crippen LogP contribution < -0.4 is 5.32 Å². The van der Waals surface area contributed by atoms with Gasteiger partial charge in [0.25, 0.3) is 5.91 Å². The van der Waals surface area contributed by atoms with Gasteiger partial charge in [-0.3, -0.25) is 14.2 Å². The van der Waals surface area contributed by atoms with Crippen molar-refractivity contribution < 1.29 is 64.1 Å². The van der Waals surface area contributed by atoms with Crippen LogP contribution in [-0.4, -0.2) is 61.0 Å². The Kier molecular flexibility index (Phi) is 11.3. The van der Waals surface area contributed by atoms with Gasteiger partial charge >= 0.3 is 30.5 Å². The molecular weight excluding hydrogens is 643 g/mol. The summed E-state index contributed by atoms with van der Waals surface area (Å²) in [7, 11) is 0. The maximum atomic E-state index is 13.6. The molecule has 1 amide bonds. The first kappa shape index (κ1) is 35.3. The molecule has 0 aliphatic heterocycles. The van der Waals surface area contributed by atoms with Crippen molar-refractivity contribution >= 4 is 35.0 Å². The van der Waals surface area contributed by atoms with Gasteiger partial charge in [0.05, 0.1) is 11.2 Å². The lowest BCUT2D eigenvalue weighted by molar-refractivity contribution is -0.193. The van der Waals surface area contributed by atoms with E-state index in [4.69, 9.17) is 31.4 Å². The minimum absolute atomic E-state index is 0.168. The van der Waals surface area contributed by atoms with Gasteiger partial charge in [0, 0.05) is 34.7 Å². The van der Waals surface area contributed by atoms with E-state index in [0.29, 0.717) is 21.8 Å². The van der Waals surface area contributed by atoms with Gasteiger partial charge in [0.1, 0.15) is 0 Å². The van der Waals surface area contributed by atoms with Crippen molar-refractivity contribution in [2.75, 3.05) is 0 Å². The van der Waals surface area contributed by atoms with E-state index in [1.165, 1.54) is 22.7 Å². The number of hydrogen-bond donors (Lipinski definition) is 3. The third-order valence-electron chi connectivity index (χ3n) is 4.96. The highest BCUT2D eigenvalue weighted by molar-refractivity contribution is 6.30. The van der Waals surface area contributed by atoms with Crippen molar-refractivity contribution in [1.29, 1.82) is 0 Å². The maximum absolute atomic E-state index is 13.6. The Morgan fingerprint density at radius 1 is 0.841 bits per heavy atom. The molecule has 3 aromatic heterocycles. The average Bonchev–Trinajstić information content (AvgIpc) is 3.31. The molecule has 0 radical (unpaired) electrons. The lowest BCUT2D eigenvalue weighted by Gasteiger charge is -2.21. The fraction of sp³-hybridized carbons (Fsp3) is 0.160. The van der Waals surface area contributed by atoms with E-state index in [9.17, 15) is 44.3 Å². The number of aromatic nitrogens is 3. The van der Waals surface area contributed by atoms with Crippen LogP contribution in [0, 0.1) is 0 Å². The number of halogens is 10. The molecule has 44 heavy (non-hydrogen) atoms. The fourth-order valence-electron chi connectivity index (χ4n) is 3.14. The number of benzene rings is 1. The van der Waals surface area contributed by atoms with Gasteiger partial charge in [-0.25, -0.2) is 14.6 Å². The second-order valence-electron chi connectivity index (χ2n) is 8.09. The predicted molar refractivity (Wildman–Crippen MR) is 134 cm³/mol. The third-order valence-corrected chi connectivity index (χ3v) is 5.19. The number of rotatable bonds is 4. The van der Waals surface area contributed by atoms with Gasteiger partial charge < -0.3 is 15.5 Å². The number of hydrogen-bond acceptors (Lipinski definition) is 5. The summed E-state index contributed by atoms with van der Waals surface area (Å²) in [6.07, 6.45) is -10.9. The van der Waals surface area contributed by atoms with Crippen LogP contribution in [0.25, 0.3) is 16.8 Å². The highest BCUT2D eigenvalue weighted by Crippen LogP contribution is 2.33. The van der Waals surface area contributed by atoms with Crippen LogP contribution in [0.3, 0.4) is 0 Å². The summed E-state index contributed by atoms with van der Waals surface area (Å²) >= 11 is 6.06. The highest BCUT2D eigenvalue weighted by atomic mass is 35.5. The Bertz CT molecular complexity index is 1580. The summed E-state index contributed by atoms with van der Waals surface area (Å²) in [5.74, 6) is -6.64. The molecule has 0 bridgehead atoms. The zero-order valence-electron chi connectivity index (χ0n) is 21.2. The minimum atomic E-state index is -5.08. The van der Waals surface area contributed by atoms with E-state index in [1.54, 1.807) is 48.7 Å². The summed E-state index contributed by atoms with van der Waals surface area (Å²) in [5.41, 5.74) is 1.47. The molecule has 0 saturated carbocycles. The molecule has 4 aromatic rings. The van der Waals surface area contributed by atoms with Crippen molar-refractivity contribution in [2.45, 2.75) is 24.6 Å². The van der Waals surface area contributed by atoms with Crippen molar-refractivity contribution in [3.05, 3.63) is 89.6 Å². The number of carbonyl (C=O) groups excluding carboxylic acids is 1. The Balaban J connectivity index is 0.000000402. The van der Waals surface area contributed by atoms with Crippen molar-refractivity contribution in [3.8, 4) is 11.3 Å². The SMILES string of the molecule is O=C(NC(c1cccnc1)C(F)(F)F)c1nc(-c2cccc(Cl)c2)c2ccccn12.O=C(O)C(F)(F)F.O=C(O)C(F)(F)F. The van der Waals surface area contributed by atoms with E-state index in [2.05, 4.69) is 9.97 Å². The van der Waals surface area contributed by atoms with Crippen molar-refractivity contribution in [2.24, 2.45) is 0 Å². The van der Waals surface area contributed by atoms with Gasteiger partial charge in [-0.15, -0.1) is 0 Å². The number of carboxylic acid groups (broad SMARTS) is 2. The quantitative estimate of drug-likeness (QED) is 0.218. The van der Waals surface area contributed by atoms with Gasteiger partial charge in [-0.2, -0.15) is 39.5 Å². The molecule has 1 unspecified atom stereocenters. The Morgan fingerprint density at radius 3 is 1.91 bits per heavy atom. The monoisotopic (exact) mass is 658 g/mol. The van der Waals surface area contributed by atoms with Crippen molar-refractivity contribution in [3.63, 3.8) is 0 Å². The highest BCUT2D eigenvalue weighted by Gasteiger charge is 2.43. The van der Waals surface area contributed by atoms with E-state index in [1.807, 2.05) is 5.32 Å². The van der Waals surface area contributed by atoms with Crippen LogP contribution in [-0.2, 0) is 9.59 Å². The number of carboxylic acids is 2. The van der Waals surface area contributed by atoms with E-state index >= 15 is 0 Å².